The summed E-state index contributed by atoms with van der Waals surface area (Å²) in [7, 11) is 0. The van der Waals surface area contributed by atoms with Crippen LogP contribution in [0.2, 0.25) is 0 Å². The largest absolute Gasteiger partial charge is 0.408 e. The van der Waals surface area contributed by atoms with Gasteiger partial charge < -0.3 is 5.32 Å². The number of nitrogens with zero attached hydrogens (tertiary/aromatic N) is 3. The van der Waals surface area contributed by atoms with E-state index in [2.05, 4.69) is 4.98 Å². The predicted molar refractivity (Wildman–Crippen MR) is 119 cm³/mol. The maximum atomic E-state index is 14.8. The standard InChI is InChI=1S/C24H16F6N4O4/c25-11-5-15(26)19(16(27)6-11)34-9-14(23(38)32-21(10-1-2-10)24(28,29)30)20(37)13-3-4-17(31-22(13)34)33-8-12(35)7-18(33)36/h3-6,9-10,21H,1-2,7-8H2,(H,32,38)/t21-/m1/s1. The Bertz CT molecular complexity index is 1560. The molecule has 1 aliphatic heterocycles. The maximum Gasteiger partial charge on any atom is 0.408 e. The van der Waals surface area contributed by atoms with Crippen LogP contribution in [-0.4, -0.2) is 45.9 Å². The summed E-state index contributed by atoms with van der Waals surface area (Å²) in [5.41, 5.74) is -3.45. The van der Waals surface area contributed by atoms with Gasteiger partial charge in [-0.2, -0.15) is 13.2 Å². The number of pyridine rings is 2. The molecule has 1 atom stereocenters. The number of alkyl halides is 3. The third kappa shape index (κ3) is 4.50. The second-order valence-electron chi connectivity index (χ2n) is 9.03. The summed E-state index contributed by atoms with van der Waals surface area (Å²) in [6.07, 6.45) is -4.19. The highest BCUT2D eigenvalue weighted by Crippen LogP contribution is 2.40. The number of carbonyl (C=O) groups is 3. The number of Topliss-reactive ketones (excluding diaryl/α,β-unsaturated/α-hetero) is 1. The first-order valence-electron chi connectivity index (χ1n) is 11.3. The van der Waals surface area contributed by atoms with Crippen molar-refractivity contribution in [2.45, 2.75) is 31.5 Å². The fourth-order valence-corrected chi connectivity index (χ4v) is 4.35. The molecule has 1 saturated heterocycles. The van der Waals surface area contributed by atoms with Crippen molar-refractivity contribution in [3.63, 3.8) is 0 Å². The molecule has 1 saturated carbocycles. The molecule has 2 aliphatic rings. The molecule has 0 radical (unpaired) electrons. The molecule has 5 rings (SSSR count). The lowest BCUT2D eigenvalue weighted by atomic mass is 10.1. The number of carbonyl (C=O) groups excluding carboxylic acids is 3. The number of benzene rings is 1. The molecule has 0 bridgehead atoms. The van der Waals surface area contributed by atoms with Crippen molar-refractivity contribution >= 4 is 34.4 Å². The fraction of sp³-hybridized carbons (Fsp3) is 0.292. The van der Waals surface area contributed by atoms with Crippen LogP contribution in [0.15, 0.2) is 35.3 Å². The topological polar surface area (TPSA) is 101 Å². The van der Waals surface area contributed by atoms with E-state index in [0.29, 0.717) is 22.9 Å². The summed E-state index contributed by atoms with van der Waals surface area (Å²) in [5.74, 6) is -7.73. The lowest BCUT2D eigenvalue weighted by molar-refractivity contribution is -0.158. The normalized spacial score (nSPS) is 16.8. The third-order valence-corrected chi connectivity index (χ3v) is 6.30. The minimum atomic E-state index is -4.81. The van der Waals surface area contributed by atoms with Gasteiger partial charge in [0.25, 0.3) is 5.91 Å². The molecule has 1 N–H and O–H groups in total. The number of rotatable bonds is 5. The minimum Gasteiger partial charge on any atom is -0.340 e. The summed E-state index contributed by atoms with van der Waals surface area (Å²) in [6, 6.07) is 0.608. The van der Waals surface area contributed by atoms with Crippen LogP contribution in [0, 0.1) is 23.4 Å². The van der Waals surface area contributed by atoms with Crippen molar-refractivity contribution in [1.29, 1.82) is 0 Å². The summed E-state index contributed by atoms with van der Waals surface area (Å²) in [6.45, 7) is -0.346. The third-order valence-electron chi connectivity index (χ3n) is 6.30. The number of anilines is 1. The second-order valence-corrected chi connectivity index (χ2v) is 9.03. The molecule has 2 amide bonds. The second kappa shape index (κ2) is 8.96. The summed E-state index contributed by atoms with van der Waals surface area (Å²) < 4.78 is 84.2. The Labute approximate surface area is 208 Å². The van der Waals surface area contributed by atoms with Crippen molar-refractivity contribution < 1.29 is 40.7 Å². The highest BCUT2D eigenvalue weighted by molar-refractivity contribution is 6.14. The number of ketones is 1. The van der Waals surface area contributed by atoms with E-state index in [1.807, 2.05) is 0 Å². The van der Waals surface area contributed by atoms with Gasteiger partial charge in [0.2, 0.25) is 11.3 Å². The lowest BCUT2D eigenvalue weighted by Crippen LogP contribution is -2.48. The van der Waals surface area contributed by atoms with Gasteiger partial charge in [-0.25, -0.2) is 18.2 Å². The molecule has 198 valence electrons. The maximum absolute atomic E-state index is 14.8. The van der Waals surface area contributed by atoms with Gasteiger partial charge in [0, 0.05) is 18.3 Å². The molecule has 0 spiro atoms. The van der Waals surface area contributed by atoms with Crippen molar-refractivity contribution in [2.75, 3.05) is 11.4 Å². The minimum absolute atomic E-state index is 0.160. The zero-order chi connectivity index (χ0) is 27.5. The van der Waals surface area contributed by atoms with Crippen LogP contribution in [-0.2, 0) is 9.59 Å². The molecule has 3 heterocycles. The quantitative estimate of drug-likeness (QED) is 0.397. The lowest BCUT2D eigenvalue weighted by Gasteiger charge is -2.22. The van der Waals surface area contributed by atoms with Crippen LogP contribution in [0.4, 0.5) is 32.2 Å². The van der Waals surface area contributed by atoms with Crippen LogP contribution < -0.4 is 15.6 Å². The van der Waals surface area contributed by atoms with Crippen LogP contribution in [0.25, 0.3) is 16.7 Å². The summed E-state index contributed by atoms with van der Waals surface area (Å²) in [5, 5.41) is 1.36. The molecule has 38 heavy (non-hydrogen) atoms. The molecule has 2 fully saturated rings. The van der Waals surface area contributed by atoms with Gasteiger partial charge in [-0.15, -0.1) is 0 Å². The molecule has 14 heteroatoms. The molecular formula is C24H16F6N4O4. The van der Waals surface area contributed by atoms with E-state index < -0.39 is 87.3 Å². The van der Waals surface area contributed by atoms with Gasteiger partial charge in [0.05, 0.1) is 18.4 Å². The van der Waals surface area contributed by atoms with Crippen molar-refractivity contribution in [2.24, 2.45) is 5.92 Å². The number of halogens is 6. The Morgan fingerprint density at radius 1 is 1.05 bits per heavy atom. The molecule has 3 aromatic rings. The Balaban J connectivity index is 1.71. The van der Waals surface area contributed by atoms with E-state index >= 15 is 0 Å². The number of aromatic nitrogens is 2. The van der Waals surface area contributed by atoms with E-state index in [1.165, 1.54) is 0 Å². The Hall–Kier alpha value is -4.23. The first-order chi connectivity index (χ1) is 17.8. The Morgan fingerprint density at radius 3 is 2.26 bits per heavy atom. The highest BCUT2D eigenvalue weighted by Gasteiger charge is 2.50. The van der Waals surface area contributed by atoms with Crippen LogP contribution in [0.5, 0.6) is 0 Å². The van der Waals surface area contributed by atoms with Crippen LogP contribution in [0.3, 0.4) is 0 Å². The van der Waals surface area contributed by atoms with Gasteiger partial charge in [-0.05, 0) is 30.9 Å². The Morgan fingerprint density at radius 2 is 1.71 bits per heavy atom. The molecule has 8 nitrogen and oxygen atoms in total. The molecular weight excluding hydrogens is 522 g/mol. The van der Waals surface area contributed by atoms with E-state index in [1.54, 1.807) is 5.32 Å². The fourth-order valence-electron chi connectivity index (χ4n) is 4.35. The zero-order valence-electron chi connectivity index (χ0n) is 19.1. The molecule has 2 aromatic heterocycles. The van der Waals surface area contributed by atoms with E-state index in [0.717, 1.165) is 17.0 Å². The average molecular weight is 538 g/mol. The van der Waals surface area contributed by atoms with Crippen molar-refractivity contribution in [3.05, 3.63) is 63.7 Å². The number of amides is 2. The van der Waals surface area contributed by atoms with Crippen LogP contribution >= 0.6 is 0 Å². The average Bonchev–Trinajstić information content (AvgIpc) is 3.59. The van der Waals surface area contributed by atoms with Crippen LogP contribution in [0.1, 0.15) is 29.6 Å². The number of hydrogen-bond acceptors (Lipinski definition) is 5. The van der Waals surface area contributed by atoms with E-state index in [-0.39, 0.29) is 25.2 Å². The molecule has 0 unspecified atom stereocenters. The number of nitrogens with one attached hydrogen (secondary N) is 1. The van der Waals surface area contributed by atoms with E-state index in [4.69, 9.17) is 0 Å². The van der Waals surface area contributed by atoms with Crippen molar-refractivity contribution in [3.8, 4) is 5.69 Å². The summed E-state index contributed by atoms with van der Waals surface area (Å²) in [4.78, 5) is 55.0. The van der Waals surface area contributed by atoms with Gasteiger partial charge in [0.1, 0.15) is 28.9 Å². The van der Waals surface area contributed by atoms with Gasteiger partial charge >= 0.3 is 6.18 Å². The number of fused-ring (bicyclic) bond motifs is 1. The number of hydrogen-bond donors (Lipinski definition) is 1. The predicted octanol–water partition coefficient (Wildman–Crippen LogP) is 3.18. The Kier molecular flexibility index (Phi) is 5.99. The molecule has 1 aromatic carbocycles. The molecule has 1 aliphatic carbocycles. The van der Waals surface area contributed by atoms with Gasteiger partial charge in [-0.1, -0.05) is 0 Å². The van der Waals surface area contributed by atoms with E-state index in [9.17, 15) is 45.5 Å². The zero-order valence-corrected chi connectivity index (χ0v) is 19.1. The van der Waals surface area contributed by atoms with Gasteiger partial charge in [-0.3, -0.25) is 28.6 Å². The monoisotopic (exact) mass is 538 g/mol. The first-order valence-corrected chi connectivity index (χ1v) is 11.3. The summed E-state index contributed by atoms with van der Waals surface area (Å²) >= 11 is 0. The first kappa shape index (κ1) is 25.4. The SMILES string of the molecule is O=C1CC(=O)N(c2ccc3c(=O)c(C(=O)N[C@H](C4CC4)C(F)(F)F)cn(-c4c(F)cc(F)cc4F)c3n2)C1. The highest BCUT2D eigenvalue weighted by atomic mass is 19.4. The van der Waals surface area contributed by atoms with Gasteiger partial charge in [0.15, 0.2) is 23.1 Å². The van der Waals surface area contributed by atoms with Crippen molar-refractivity contribution in [1.82, 2.24) is 14.9 Å². The smallest absolute Gasteiger partial charge is 0.340 e.